The van der Waals surface area contributed by atoms with Crippen LogP contribution in [-0.2, 0) is 0 Å². The Hall–Kier alpha value is -1.84. The monoisotopic (exact) mass is 287 g/mol. The molecule has 1 aliphatic carbocycles. The van der Waals surface area contributed by atoms with E-state index in [1.54, 1.807) is 6.20 Å². The van der Waals surface area contributed by atoms with E-state index in [1.165, 1.54) is 25.3 Å². The first-order valence-corrected chi connectivity index (χ1v) is 7.81. The Morgan fingerprint density at radius 2 is 2.10 bits per heavy atom. The van der Waals surface area contributed by atoms with Crippen molar-refractivity contribution >= 4 is 22.3 Å². The number of hydrogen-bond acceptors (Lipinski definition) is 3. The van der Waals surface area contributed by atoms with Gasteiger partial charge < -0.3 is 10.6 Å². The van der Waals surface area contributed by atoms with Crippen molar-refractivity contribution in [1.29, 1.82) is 0 Å². The van der Waals surface area contributed by atoms with E-state index in [0.717, 1.165) is 24.8 Å². The molecule has 0 unspecified atom stereocenters. The minimum Gasteiger partial charge on any atom is -0.398 e. The molecule has 2 aromatic rings. The van der Waals surface area contributed by atoms with Gasteiger partial charge in [-0.15, -0.1) is 0 Å². The summed E-state index contributed by atoms with van der Waals surface area (Å²) in [5.74, 6) is -0.258. The summed E-state index contributed by atoms with van der Waals surface area (Å²) in [6.45, 7) is 2.87. The second-order valence-electron chi connectivity index (χ2n) is 5.77. The largest absolute Gasteiger partial charge is 0.398 e. The summed E-state index contributed by atoms with van der Waals surface area (Å²) in [7, 11) is 0. The van der Waals surface area contributed by atoms with Crippen LogP contribution in [0.15, 0.2) is 24.4 Å². The van der Waals surface area contributed by atoms with Gasteiger partial charge in [-0.1, -0.05) is 19.3 Å². The van der Waals surface area contributed by atoms with Gasteiger partial charge in [-0.05, 0) is 38.0 Å². The molecule has 3 nitrogen and oxygen atoms in total. The van der Waals surface area contributed by atoms with Crippen LogP contribution in [0.1, 0.15) is 39.0 Å². The number of aromatic nitrogens is 1. The first kappa shape index (κ1) is 14.1. The molecule has 112 valence electrons. The Kier molecular flexibility index (Phi) is 3.95. The Labute approximate surface area is 125 Å². The van der Waals surface area contributed by atoms with Crippen molar-refractivity contribution in [3.8, 4) is 0 Å². The Morgan fingerprint density at radius 3 is 2.81 bits per heavy atom. The molecule has 1 heterocycles. The van der Waals surface area contributed by atoms with Crippen molar-refractivity contribution in [2.24, 2.45) is 0 Å². The summed E-state index contributed by atoms with van der Waals surface area (Å²) in [6.07, 6.45) is 7.71. The average Bonchev–Trinajstić information content (AvgIpc) is 2.52. The summed E-state index contributed by atoms with van der Waals surface area (Å²) in [5, 5.41) is 0.836. The maximum atomic E-state index is 14.6. The molecule has 1 aromatic carbocycles. The lowest BCUT2D eigenvalue weighted by Crippen LogP contribution is -2.37. The zero-order valence-electron chi connectivity index (χ0n) is 12.5. The number of hydrogen-bond donors (Lipinski definition) is 1. The first-order chi connectivity index (χ1) is 10.2. The fraction of sp³-hybridized carbons (Fsp3) is 0.471. The summed E-state index contributed by atoms with van der Waals surface area (Å²) in [6, 6.07) is 5.60. The lowest BCUT2D eigenvalue weighted by Gasteiger charge is -2.36. The van der Waals surface area contributed by atoms with Crippen molar-refractivity contribution in [1.82, 2.24) is 4.98 Å². The molecule has 0 amide bonds. The molecular weight excluding hydrogens is 265 g/mol. The van der Waals surface area contributed by atoms with Crippen LogP contribution in [0.25, 0.3) is 10.9 Å². The smallest absolute Gasteiger partial charge is 0.150 e. The number of nitrogens with zero attached hydrogens (tertiary/aromatic N) is 2. The molecule has 4 heteroatoms. The molecule has 1 aliphatic rings. The summed E-state index contributed by atoms with van der Waals surface area (Å²) in [4.78, 5) is 6.59. The predicted octanol–water partition coefficient (Wildman–Crippen LogP) is 4.12. The number of fused-ring (bicyclic) bond motifs is 1. The molecule has 1 saturated carbocycles. The molecule has 2 N–H and O–H groups in total. The molecule has 1 aromatic heterocycles. The summed E-state index contributed by atoms with van der Waals surface area (Å²) >= 11 is 0. The first-order valence-electron chi connectivity index (χ1n) is 7.81. The third kappa shape index (κ3) is 2.55. The number of pyridine rings is 1. The predicted molar refractivity (Wildman–Crippen MR) is 86.0 cm³/mol. The van der Waals surface area contributed by atoms with Crippen LogP contribution in [0.3, 0.4) is 0 Å². The minimum absolute atomic E-state index is 0.258. The van der Waals surface area contributed by atoms with Gasteiger partial charge >= 0.3 is 0 Å². The van der Waals surface area contributed by atoms with Gasteiger partial charge in [0.2, 0.25) is 0 Å². The molecule has 0 saturated heterocycles. The third-order valence-corrected chi connectivity index (χ3v) is 4.49. The maximum absolute atomic E-state index is 14.6. The number of benzene rings is 1. The van der Waals surface area contributed by atoms with E-state index in [9.17, 15) is 4.39 Å². The fourth-order valence-corrected chi connectivity index (χ4v) is 3.49. The van der Waals surface area contributed by atoms with E-state index in [2.05, 4.69) is 16.8 Å². The van der Waals surface area contributed by atoms with E-state index < -0.39 is 0 Å². The highest BCUT2D eigenvalue weighted by molar-refractivity contribution is 5.99. The van der Waals surface area contributed by atoms with Crippen molar-refractivity contribution in [2.75, 3.05) is 17.2 Å². The van der Waals surface area contributed by atoms with Crippen LogP contribution in [0, 0.1) is 5.82 Å². The van der Waals surface area contributed by atoms with Gasteiger partial charge in [-0.25, -0.2) is 4.39 Å². The van der Waals surface area contributed by atoms with Gasteiger partial charge in [0.25, 0.3) is 0 Å². The molecule has 0 spiro atoms. The fourth-order valence-electron chi connectivity index (χ4n) is 3.49. The molecule has 21 heavy (non-hydrogen) atoms. The second-order valence-corrected chi connectivity index (χ2v) is 5.77. The Balaban J connectivity index is 2.13. The van der Waals surface area contributed by atoms with Crippen LogP contribution in [0.4, 0.5) is 15.8 Å². The average molecular weight is 287 g/mol. The number of rotatable bonds is 3. The maximum Gasteiger partial charge on any atom is 0.150 e. The molecule has 0 aliphatic heterocycles. The lowest BCUT2D eigenvalue weighted by molar-refractivity contribution is 0.415. The topological polar surface area (TPSA) is 42.1 Å². The van der Waals surface area contributed by atoms with Crippen LogP contribution in [0.2, 0.25) is 0 Å². The van der Waals surface area contributed by atoms with Gasteiger partial charge in [0.05, 0.1) is 5.52 Å². The van der Waals surface area contributed by atoms with Crippen molar-refractivity contribution in [3.05, 3.63) is 30.2 Å². The molecule has 1 fully saturated rings. The molecule has 0 radical (unpaired) electrons. The van der Waals surface area contributed by atoms with Gasteiger partial charge in [0.1, 0.15) is 5.69 Å². The highest BCUT2D eigenvalue weighted by Gasteiger charge is 2.25. The van der Waals surface area contributed by atoms with Crippen molar-refractivity contribution < 1.29 is 4.39 Å². The van der Waals surface area contributed by atoms with Crippen LogP contribution >= 0.6 is 0 Å². The SMILES string of the molecule is CCN(c1c(F)cc(N)c2cccnc12)C1CCCCC1. The van der Waals surface area contributed by atoms with E-state index in [0.29, 0.717) is 22.9 Å². The standard InChI is InChI=1S/C17H22FN3/c1-2-21(12-7-4-3-5-8-12)17-14(18)11-15(19)13-9-6-10-20-16(13)17/h6,9-12H,2-5,7-8,19H2,1H3. The zero-order chi connectivity index (χ0) is 14.8. The second kappa shape index (κ2) is 5.88. The highest BCUT2D eigenvalue weighted by Crippen LogP contribution is 2.36. The normalized spacial score (nSPS) is 16.3. The van der Waals surface area contributed by atoms with Gasteiger partial charge in [0.15, 0.2) is 5.82 Å². The highest BCUT2D eigenvalue weighted by atomic mass is 19.1. The summed E-state index contributed by atoms with van der Waals surface area (Å²) in [5.41, 5.74) is 7.71. The van der Waals surface area contributed by atoms with E-state index in [-0.39, 0.29) is 5.82 Å². The number of nitrogens with two attached hydrogens (primary N) is 1. The lowest BCUT2D eigenvalue weighted by atomic mass is 9.93. The van der Waals surface area contributed by atoms with Gasteiger partial charge in [0, 0.05) is 29.9 Å². The molecule has 0 atom stereocenters. The minimum atomic E-state index is -0.258. The van der Waals surface area contributed by atoms with E-state index in [4.69, 9.17) is 5.73 Å². The van der Waals surface area contributed by atoms with Crippen molar-refractivity contribution in [3.63, 3.8) is 0 Å². The van der Waals surface area contributed by atoms with Gasteiger partial charge in [-0.2, -0.15) is 0 Å². The Morgan fingerprint density at radius 1 is 1.33 bits per heavy atom. The summed E-state index contributed by atoms with van der Waals surface area (Å²) < 4.78 is 14.6. The van der Waals surface area contributed by atoms with E-state index in [1.807, 2.05) is 12.1 Å². The van der Waals surface area contributed by atoms with E-state index >= 15 is 0 Å². The van der Waals surface area contributed by atoms with Crippen molar-refractivity contribution in [2.45, 2.75) is 45.1 Å². The van der Waals surface area contributed by atoms with Crippen LogP contribution in [0.5, 0.6) is 0 Å². The quantitative estimate of drug-likeness (QED) is 0.864. The molecule has 3 rings (SSSR count). The number of anilines is 2. The number of halogens is 1. The van der Waals surface area contributed by atoms with Crippen LogP contribution in [-0.4, -0.2) is 17.6 Å². The molecule has 0 bridgehead atoms. The third-order valence-electron chi connectivity index (χ3n) is 4.49. The Bertz CT molecular complexity index is 635. The number of nitrogen functional groups attached to an aromatic ring is 1. The molecular formula is C17H22FN3. The zero-order valence-corrected chi connectivity index (χ0v) is 12.5. The van der Waals surface area contributed by atoms with Gasteiger partial charge in [-0.3, -0.25) is 4.98 Å². The van der Waals surface area contributed by atoms with Crippen LogP contribution < -0.4 is 10.6 Å².